The quantitative estimate of drug-likeness (QED) is 0.759. The third-order valence-corrected chi connectivity index (χ3v) is 1.88. The summed E-state index contributed by atoms with van der Waals surface area (Å²) in [6.45, 7) is 0. The number of nitrogens with two attached hydrogens (primary N) is 1. The number of hydrogen-bond acceptors (Lipinski definition) is 3. The first-order chi connectivity index (χ1) is 6.27. The first-order valence-corrected chi connectivity index (χ1v) is 4.10. The Morgan fingerprint density at radius 3 is 3.00 bits per heavy atom. The van der Waals surface area contributed by atoms with Gasteiger partial charge in [-0.15, -0.1) is 0 Å². The SMILES string of the molecule is Nc1ncc(Cl)cc1-c1ccco1. The molecule has 66 valence electrons. The fourth-order valence-electron chi connectivity index (χ4n) is 1.08. The lowest BCUT2D eigenvalue weighted by molar-refractivity contribution is 0.582. The monoisotopic (exact) mass is 194 g/mol. The molecule has 2 N–H and O–H groups in total. The van der Waals surface area contributed by atoms with Crippen LogP contribution in [0.5, 0.6) is 0 Å². The lowest BCUT2D eigenvalue weighted by atomic mass is 10.2. The Labute approximate surface area is 80.1 Å². The molecule has 0 bridgehead atoms. The van der Waals surface area contributed by atoms with Gasteiger partial charge in [-0.25, -0.2) is 4.98 Å². The fourth-order valence-corrected chi connectivity index (χ4v) is 1.24. The van der Waals surface area contributed by atoms with Crippen LogP contribution in [0.4, 0.5) is 5.82 Å². The lowest BCUT2D eigenvalue weighted by Crippen LogP contribution is -1.92. The molecule has 0 spiro atoms. The van der Waals surface area contributed by atoms with Gasteiger partial charge in [0.05, 0.1) is 16.8 Å². The second-order valence-electron chi connectivity index (χ2n) is 2.56. The molecule has 0 radical (unpaired) electrons. The van der Waals surface area contributed by atoms with E-state index in [1.54, 1.807) is 18.4 Å². The van der Waals surface area contributed by atoms with Crippen LogP contribution in [0.3, 0.4) is 0 Å². The minimum absolute atomic E-state index is 0.416. The van der Waals surface area contributed by atoms with Gasteiger partial charge in [-0.1, -0.05) is 11.6 Å². The van der Waals surface area contributed by atoms with E-state index in [0.29, 0.717) is 16.6 Å². The Morgan fingerprint density at radius 1 is 1.46 bits per heavy atom. The van der Waals surface area contributed by atoms with Crippen LogP contribution in [0.2, 0.25) is 5.02 Å². The van der Waals surface area contributed by atoms with Gasteiger partial charge in [0.2, 0.25) is 0 Å². The third kappa shape index (κ3) is 1.51. The minimum atomic E-state index is 0.416. The smallest absolute Gasteiger partial charge is 0.137 e. The van der Waals surface area contributed by atoms with Crippen LogP contribution in [0, 0.1) is 0 Å². The molecule has 2 aromatic rings. The van der Waals surface area contributed by atoms with Gasteiger partial charge in [-0.05, 0) is 18.2 Å². The second kappa shape index (κ2) is 3.11. The van der Waals surface area contributed by atoms with E-state index in [2.05, 4.69) is 4.98 Å². The number of halogens is 1. The molecule has 0 fully saturated rings. The Bertz CT molecular complexity index is 412. The number of aromatic nitrogens is 1. The van der Waals surface area contributed by atoms with Crippen molar-refractivity contribution in [1.82, 2.24) is 4.98 Å². The van der Waals surface area contributed by atoms with Crippen molar-refractivity contribution in [1.29, 1.82) is 0 Å². The maximum absolute atomic E-state index is 5.77. The average molecular weight is 195 g/mol. The van der Waals surface area contributed by atoms with E-state index >= 15 is 0 Å². The van der Waals surface area contributed by atoms with Crippen LogP contribution in [0.15, 0.2) is 35.1 Å². The average Bonchev–Trinajstić information content (AvgIpc) is 2.61. The number of pyridine rings is 1. The molecular weight excluding hydrogens is 188 g/mol. The molecule has 13 heavy (non-hydrogen) atoms. The van der Waals surface area contributed by atoms with Crippen molar-refractivity contribution < 1.29 is 4.42 Å². The summed E-state index contributed by atoms with van der Waals surface area (Å²) < 4.78 is 5.18. The standard InChI is InChI=1S/C9H7ClN2O/c10-6-4-7(9(11)12-5-6)8-2-1-3-13-8/h1-5H,(H2,11,12). The lowest BCUT2D eigenvalue weighted by Gasteiger charge is -2.00. The molecule has 0 unspecified atom stereocenters. The van der Waals surface area contributed by atoms with Crippen LogP contribution in [0.25, 0.3) is 11.3 Å². The van der Waals surface area contributed by atoms with Crippen molar-refractivity contribution in [3.63, 3.8) is 0 Å². The zero-order chi connectivity index (χ0) is 9.26. The Kier molecular flexibility index (Phi) is 1.94. The highest BCUT2D eigenvalue weighted by Gasteiger charge is 2.06. The minimum Gasteiger partial charge on any atom is -0.464 e. The van der Waals surface area contributed by atoms with Crippen LogP contribution in [0.1, 0.15) is 0 Å². The van der Waals surface area contributed by atoms with Crippen molar-refractivity contribution in [2.45, 2.75) is 0 Å². The van der Waals surface area contributed by atoms with E-state index < -0.39 is 0 Å². The maximum atomic E-state index is 5.77. The highest BCUT2D eigenvalue weighted by atomic mass is 35.5. The highest BCUT2D eigenvalue weighted by Crippen LogP contribution is 2.26. The number of nitrogens with zero attached hydrogens (tertiary/aromatic N) is 1. The first-order valence-electron chi connectivity index (χ1n) is 3.72. The largest absolute Gasteiger partial charge is 0.464 e. The van der Waals surface area contributed by atoms with Crippen LogP contribution >= 0.6 is 11.6 Å². The molecule has 0 atom stereocenters. The zero-order valence-corrected chi connectivity index (χ0v) is 7.45. The molecule has 0 amide bonds. The van der Waals surface area contributed by atoms with Crippen LogP contribution in [-0.4, -0.2) is 4.98 Å². The van der Waals surface area contributed by atoms with Gasteiger partial charge in [-0.3, -0.25) is 0 Å². The highest BCUT2D eigenvalue weighted by molar-refractivity contribution is 6.30. The summed E-state index contributed by atoms with van der Waals surface area (Å²) in [5, 5.41) is 0.542. The van der Waals surface area contributed by atoms with E-state index in [9.17, 15) is 0 Å². The van der Waals surface area contributed by atoms with Crippen LogP contribution in [-0.2, 0) is 0 Å². The normalized spacial score (nSPS) is 10.2. The third-order valence-electron chi connectivity index (χ3n) is 1.67. The number of anilines is 1. The second-order valence-corrected chi connectivity index (χ2v) is 3.00. The summed E-state index contributed by atoms with van der Waals surface area (Å²) in [4.78, 5) is 3.92. The molecule has 0 aromatic carbocycles. The van der Waals surface area contributed by atoms with Crippen molar-refractivity contribution in [2.75, 3.05) is 5.73 Å². The van der Waals surface area contributed by atoms with Crippen molar-refractivity contribution in [3.8, 4) is 11.3 Å². The van der Waals surface area contributed by atoms with Crippen LogP contribution < -0.4 is 5.73 Å². The molecule has 0 saturated heterocycles. The predicted molar refractivity (Wildman–Crippen MR) is 51.4 cm³/mol. The Morgan fingerprint density at radius 2 is 2.31 bits per heavy atom. The molecular formula is C9H7ClN2O. The maximum Gasteiger partial charge on any atom is 0.137 e. The van der Waals surface area contributed by atoms with Gasteiger partial charge in [0.1, 0.15) is 11.6 Å². The van der Waals surface area contributed by atoms with Gasteiger partial charge in [-0.2, -0.15) is 0 Å². The van der Waals surface area contributed by atoms with Crippen molar-refractivity contribution >= 4 is 17.4 Å². The zero-order valence-electron chi connectivity index (χ0n) is 6.70. The first kappa shape index (κ1) is 8.13. The summed E-state index contributed by atoms with van der Waals surface area (Å²) in [5.41, 5.74) is 6.37. The molecule has 0 saturated carbocycles. The summed E-state index contributed by atoms with van der Waals surface area (Å²) in [5.74, 6) is 1.09. The number of nitrogen functional groups attached to an aromatic ring is 1. The molecule has 0 aliphatic heterocycles. The molecule has 2 aromatic heterocycles. The summed E-state index contributed by atoms with van der Waals surface area (Å²) in [7, 11) is 0. The summed E-state index contributed by atoms with van der Waals surface area (Å²) >= 11 is 5.77. The predicted octanol–water partition coefficient (Wildman–Crippen LogP) is 2.58. The van der Waals surface area contributed by atoms with E-state index in [0.717, 1.165) is 5.56 Å². The molecule has 3 nitrogen and oxygen atoms in total. The Hall–Kier alpha value is -1.48. The van der Waals surface area contributed by atoms with Gasteiger partial charge < -0.3 is 10.2 Å². The number of hydrogen-bond donors (Lipinski definition) is 1. The molecule has 0 aliphatic carbocycles. The van der Waals surface area contributed by atoms with E-state index in [4.69, 9.17) is 21.8 Å². The van der Waals surface area contributed by atoms with Gasteiger partial charge in [0.15, 0.2) is 0 Å². The number of furan rings is 1. The topological polar surface area (TPSA) is 52.0 Å². The van der Waals surface area contributed by atoms with E-state index in [1.807, 2.05) is 6.07 Å². The van der Waals surface area contributed by atoms with E-state index in [-0.39, 0.29) is 0 Å². The van der Waals surface area contributed by atoms with Gasteiger partial charge >= 0.3 is 0 Å². The summed E-state index contributed by atoms with van der Waals surface area (Å²) in [6.07, 6.45) is 3.08. The van der Waals surface area contributed by atoms with Crippen molar-refractivity contribution in [3.05, 3.63) is 35.7 Å². The van der Waals surface area contributed by atoms with Gasteiger partial charge in [0, 0.05) is 6.20 Å². The van der Waals surface area contributed by atoms with Crippen molar-refractivity contribution in [2.24, 2.45) is 0 Å². The van der Waals surface area contributed by atoms with Gasteiger partial charge in [0.25, 0.3) is 0 Å². The summed E-state index contributed by atoms with van der Waals surface area (Å²) in [6, 6.07) is 5.32. The molecule has 4 heteroatoms. The molecule has 2 rings (SSSR count). The van der Waals surface area contributed by atoms with E-state index in [1.165, 1.54) is 6.20 Å². The molecule has 0 aliphatic rings. The fraction of sp³-hybridized carbons (Fsp3) is 0. The molecule has 2 heterocycles. The Balaban J connectivity index is 2.57. The number of rotatable bonds is 1.